The third-order valence-corrected chi connectivity index (χ3v) is 5.98. The van der Waals surface area contributed by atoms with Crippen LogP contribution in [0.4, 0.5) is 0 Å². The number of quaternary nitrogens is 1. The minimum Gasteiger partial charge on any atom is -0.323 e. The molecule has 3 nitrogen and oxygen atoms in total. The first-order valence-electron chi connectivity index (χ1n) is 8.52. The molecule has 0 aliphatic carbocycles. The highest BCUT2D eigenvalue weighted by Crippen LogP contribution is 2.28. The normalized spacial score (nSPS) is 20.8. The van der Waals surface area contributed by atoms with Crippen LogP contribution in [-0.4, -0.2) is 11.5 Å². The second kappa shape index (κ2) is 6.72. The third-order valence-electron chi connectivity index (χ3n) is 4.83. The summed E-state index contributed by atoms with van der Waals surface area (Å²) in [5.41, 5.74) is 3.12. The predicted molar refractivity (Wildman–Crippen MR) is 96.9 cm³/mol. The van der Waals surface area contributed by atoms with Crippen molar-refractivity contribution in [3.63, 3.8) is 0 Å². The van der Waals surface area contributed by atoms with Gasteiger partial charge in [-0.05, 0) is 37.1 Å². The van der Waals surface area contributed by atoms with Gasteiger partial charge in [-0.3, -0.25) is 0 Å². The topological polar surface area (TPSA) is 41.1 Å². The van der Waals surface area contributed by atoms with E-state index >= 15 is 0 Å². The van der Waals surface area contributed by atoms with E-state index in [1.165, 1.54) is 41.1 Å². The van der Waals surface area contributed by atoms with Crippen LogP contribution >= 0.6 is 11.3 Å². The van der Waals surface area contributed by atoms with Gasteiger partial charge in [0.2, 0.25) is 0 Å². The Morgan fingerprint density at radius 2 is 2.08 bits per heavy atom. The minimum atomic E-state index is 0.474. The number of hydrogen-bond donors (Lipinski definition) is 1. The molecule has 1 unspecified atom stereocenters. The SMILES string of the molecule is N#Cc1cccc(C[NH+]2CCCC[C@@H]2c2nc3ccccc3s2)c1. The maximum Gasteiger partial charge on any atom is 0.151 e. The number of nitriles is 1. The van der Waals surface area contributed by atoms with Crippen molar-refractivity contribution in [2.45, 2.75) is 31.8 Å². The van der Waals surface area contributed by atoms with Crippen LogP contribution in [-0.2, 0) is 6.54 Å². The van der Waals surface area contributed by atoms with Gasteiger partial charge in [-0.1, -0.05) is 24.3 Å². The molecule has 0 spiro atoms. The Kier molecular flexibility index (Phi) is 4.29. The van der Waals surface area contributed by atoms with E-state index in [9.17, 15) is 0 Å². The molecule has 4 heteroatoms. The van der Waals surface area contributed by atoms with Crippen LogP contribution in [0.5, 0.6) is 0 Å². The van der Waals surface area contributed by atoms with Crippen LogP contribution in [0.2, 0.25) is 0 Å². The molecule has 2 atom stereocenters. The average Bonchev–Trinajstić information content (AvgIpc) is 3.06. The molecule has 120 valence electrons. The van der Waals surface area contributed by atoms with Crippen LogP contribution < -0.4 is 4.90 Å². The molecule has 1 saturated heterocycles. The van der Waals surface area contributed by atoms with Gasteiger partial charge in [0.15, 0.2) is 5.01 Å². The average molecular weight is 334 g/mol. The largest absolute Gasteiger partial charge is 0.323 e. The summed E-state index contributed by atoms with van der Waals surface area (Å²) in [5, 5.41) is 10.4. The van der Waals surface area contributed by atoms with Crippen molar-refractivity contribution in [2.75, 3.05) is 6.54 Å². The molecule has 0 amide bonds. The summed E-state index contributed by atoms with van der Waals surface area (Å²) < 4.78 is 1.28. The van der Waals surface area contributed by atoms with Crippen molar-refractivity contribution in [3.8, 4) is 6.07 Å². The Hall–Kier alpha value is -2.22. The fraction of sp³-hybridized carbons (Fsp3) is 0.300. The maximum atomic E-state index is 9.11. The molecule has 2 heterocycles. The molecule has 3 aromatic rings. The number of nitrogens with one attached hydrogen (secondary N) is 1. The van der Waals surface area contributed by atoms with Crippen LogP contribution in [0, 0.1) is 11.3 Å². The zero-order valence-corrected chi connectivity index (χ0v) is 14.4. The molecule has 0 bridgehead atoms. The molecular formula is C20H20N3S+. The lowest BCUT2D eigenvalue weighted by Gasteiger charge is -2.31. The lowest BCUT2D eigenvalue weighted by atomic mass is 10.0. The highest BCUT2D eigenvalue weighted by atomic mass is 32.1. The Morgan fingerprint density at radius 3 is 2.96 bits per heavy atom. The second-order valence-electron chi connectivity index (χ2n) is 6.47. The molecular weight excluding hydrogens is 314 g/mol. The van der Waals surface area contributed by atoms with Gasteiger partial charge in [0.05, 0.1) is 28.4 Å². The number of benzene rings is 2. The Morgan fingerprint density at radius 1 is 1.17 bits per heavy atom. The summed E-state index contributed by atoms with van der Waals surface area (Å²) in [4.78, 5) is 6.49. The predicted octanol–water partition coefficient (Wildman–Crippen LogP) is 3.48. The molecule has 0 radical (unpaired) electrons. The van der Waals surface area contributed by atoms with Gasteiger partial charge in [-0.25, -0.2) is 4.98 Å². The monoisotopic (exact) mass is 334 g/mol. The summed E-state index contributed by atoms with van der Waals surface area (Å²) in [5.74, 6) is 0. The number of thiazole rings is 1. The van der Waals surface area contributed by atoms with Gasteiger partial charge in [0, 0.05) is 12.0 Å². The fourth-order valence-corrected chi connectivity index (χ4v) is 4.80. The summed E-state index contributed by atoms with van der Waals surface area (Å²) in [6.45, 7) is 2.15. The number of para-hydroxylation sites is 1. The first-order valence-corrected chi connectivity index (χ1v) is 9.34. The second-order valence-corrected chi connectivity index (χ2v) is 7.53. The number of rotatable bonds is 3. The van der Waals surface area contributed by atoms with Crippen molar-refractivity contribution in [1.82, 2.24) is 4.98 Å². The smallest absolute Gasteiger partial charge is 0.151 e. The lowest BCUT2D eigenvalue weighted by Crippen LogP contribution is -3.11. The zero-order chi connectivity index (χ0) is 16.4. The summed E-state index contributed by atoms with van der Waals surface area (Å²) in [6.07, 6.45) is 3.75. The van der Waals surface area contributed by atoms with E-state index in [0.29, 0.717) is 6.04 Å². The number of aromatic nitrogens is 1. The van der Waals surface area contributed by atoms with E-state index in [4.69, 9.17) is 10.2 Å². The quantitative estimate of drug-likeness (QED) is 0.797. The summed E-state index contributed by atoms with van der Waals surface area (Å²) in [6, 6.07) is 19.2. The van der Waals surface area contributed by atoms with Crippen molar-refractivity contribution in [1.29, 1.82) is 5.26 Å². The van der Waals surface area contributed by atoms with E-state index in [1.54, 1.807) is 4.90 Å². The molecule has 1 fully saturated rings. The molecule has 24 heavy (non-hydrogen) atoms. The third kappa shape index (κ3) is 3.06. The number of nitrogens with zero attached hydrogens (tertiary/aromatic N) is 2. The first-order chi connectivity index (χ1) is 11.8. The van der Waals surface area contributed by atoms with Crippen LogP contribution in [0.25, 0.3) is 10.2 Å². The van der Waals surface area contributed by atoms with E-state index < -0.39 is 0 Å². The highest BCUT2D eigenvalue weighted by molar-refractivity contribution is 7.18. The van der Waals surface area contributed by atoms with Crippen molar-refractivity contribution < 1.29 is 4.90 Å². The van der Waals surface area contributed by atoms with Gasteiger partial charge in [0.25, 0.3) is 0 Å². The molecule has 1 aliphatic heterocycles. The Balaban J connectivity index is 1.61. The van der Waals surface area contributed by atoms with Gasteiger partial charge in [-0.15, -0.1) is 11.3 Å². The van der Waals surface area contributed by atoms with E-state index in [1.807, 2.05) is 29.5 Å². The Labute approximate surface area is 146 Å². The van der Waals surface area contributed by atoms with Crippen LogP contribution in [0.15, 0.2) is 48.5 Å². The number of piperidine rings is 1. The van der Waals surface area contributed by atoms with E-state index in [-0.39, 0.29) is 0 Å². The molecule has 1 aromatic heterocycles. The van der Waals surface area contributed by atoms with Gasteiger partial charge in [-0.2, -0.15) is 5.26 Å². The van der Waals surface area contributed by atoms with Crippen LogP contribution in [0.3, 0.4) is 0 Å². The summed E-state index contributed by atoms with van der Waals surface area (Å²) in [7, 11) is 0. The standard InChI is InChI=1S/C20H19N3S/c21-13-15-6-5-7-16(12-15)14-23-11-4-3-9-18(23)20-22-17-8-1-2-10-19(17)24-20/h1-2,5-8,10,12,18H,3-4,9,11,14H2/p+1/t18-/m1/s1. The fourth-order valence-electron chi connectivity index (χ4n) is 3.64. The van der Waals surface area contributed by atoms with Crippen molar-refractivity contribution >= 4 is 21.6 Å². The molecule has 4 rings (SSSR count). The van der Waals surface area contributed by atoms with Crippen molar-refractivity contribution in [2.24, 2.45) is 0 Å². The van der Waals surface area contributed by atoms with Gasteiger partial charge in [0.1, 0.15) is 12.6 Å². The van der Waals surface area contributed by atoms with E-state index in [0.717, 1.165) is 17.6 Å². The van der Waals surface area contributed by atoms with Crippen LogP contribution in [0.1, 0.15) is 41.4 Å². The first kappa shape index (κ1) is 15.3. The molecule has 1 N–H and O–H groups in total. The maximum absolute atomic E-state index is 9.11. The number of fused-ring (bicyclic) bond motifs is 1. The zero-order valence-electron chi connectivity index (χ0n) is 13.5. The molecule has 2 aromatic carbocycles. The van der Waals surface area contributed by atoms with Gasteiger partial charge >= 0.3 is 0 Å². The summed E-state index contributed by atoms with van der Waals surface area (Å²) >= 11 is 1.84. The molecule has 1 aliphatic rings. The van der Waals surface area contributed by atoms with Gasteiger partial charge < -0.3 is 4.90 Å². The highest BCUT2D eigenvalue weighted by Gasteiger charge is 2.30. The molecule has 0 saturated carbocycles. The number of likely N-dealkylation sites (tertiary alicyclic amines) is 1. The van der Waals surface area contributed by atoms with Crippen molar-refractivity contribution in [3.05, 3.63) is 64.7 Å². The number of hydrogen-bond acceptors (Lipinski definition) is 3. The Bertz CT molecular complexity index is 860. The lowest BCUT2D eigenvalue weighted by molar-refractivity contribution is -0.950. The van der Waals surface area contributed by atoms with E-state index in [2.05, 4.69) is 36.4 Å². The minimum absolute atomic E-state index is 0.474.